The van der Waals surface area contributed by atoms with Gasteiger partial charge in [0.25, 0.3) is 0 Å². The minimum Gasteiger partial charge on any atom is -0.228 e. The minimum absolute atomic E-state index is 0.135. The van der Waals surface area contributed by atoms with Gasteiger partial charge in [0.05, 0.1) is 11.4 Å². The van der Waals surface area contributed by atoms with Crippen LogP contribution in [0.1, 0.15) is 25.0 Å². The highest BCUT2D eigenvalue weighted by Crippen LogP contribution is 2.35. The standard InChI is InChI=1S/C37H30N2/c1-37(2,32-22-18-28(19-23-32)27-12-6-3-7-13-27)33-24-20-30(21-25-33)35-26-34(29-14-8-4-9-15-29)38-36(39-35)31-16-10-5-11-17-31/h3-26H,1-2H3. The molecule has 0 saturated heterocycles. The summed E-state index contributed by atoms with van der Waals surface area (Å²) < 4.78 is 0. The van der Waals surface area contributed by atoms with Crippen molar-refractivity contribution in [2.75, 3.05) is 0 Å². The lowest BCUT2D eigenvalue weighted by atomic mass is 9.77. The van der Waals surface area contributed by atoms with Gasteiger partial charge >= 0.3 is 0 Å². The van der Waals surface area contributed by atoms with Crippen LogP contribution in [0.5, 0.6) is 0 Å². The summed E-state index contributed by atoms with van der Waals surface area (Å²) >= 11 is 0. The second-order valence-electron chi connectivity index (χ2n) is 10.3. The molecule has 1 aromatic heterocycles. The van der Waals surface area contributed by atoms with Crippen molar-refractivity contribution in [3.63, 3.8) is 0 Å². The van der Waals surface area contributed by atoms with E-state index >= 15 is 0 Å². The summed E-state index contributed by atoms with van der Waals surface area (Å²) in [6, 6.07) is 50.8. The molecule has 2 nitrogen and oxygen atoms in total. The van der Waals surface area contributed by atoms with Crippen LogP contribution in [-0.4, -0.2) is 9.97 Å². The van der Waals surface area contributed by atoms with E-state index in [9.17, 15) is 0 Å². The van der Waals surface area contributed by atoms with E-state index in [1.165, 1.54) is 22.3 Å². The van der Waals surface area contributed by atoms with Crippen molar-refractivity contribution in [1.82, 2.24) is 9.97 Å². The van der Waals surface area contributed by atoms with Crippen molar-refractivity contribution >= 4 is 0 Å². The Balaban J connectivity index is 1.34. The average molecular weight is 503 g/mol. The van der Waals surface area contributed by atoms with Crippen molar-refractivity contribution in [3.8, 4) is 45.0 Å². The van der Waals surface area contributed by atoms with Crippen LogP contribution in [0, 0.1) is 0 Å². The molecule has 0 aliphatic heterocycles. The van der Waals surface area contributed by atoms with Crippen LogP contribution >= 0.6 is 0 Å². The molecular weight excluding hydrogens is 472 g/mol. The van der Waals surface area contributed by atoms with Crippen molar-refractivity contribution in [2.24, 2.45) is 0 Å². The van der Waals surface area contributed by atoms with Gasteiger partial charge in [-0.2, -0.15) is 0 Å². The van der Waals surface area contributed by atoms with E-state index in [-0.39, 0.29) is 5.41 Å². The summed E-state index contributed by atoms with van der Waals surface area (Å²) in [7, 11) is 0. The summed E-state index contributed by atoms with van der Waals surface area (Å²) in [5.74, 6) is 0.731. The molecular formula is C37H30N2. The Morgan fingerprint density at radius 3 is 1.23 bits per heavy atom. The predicted octanol–water partition coefficient (Wildman–Crippen LogP) is 9.47. The number of rotatable bonds is 6. The van der Waals surface area contributed by atoms with Crippen LogP contribution in [0.25, 0.3) is 45.0 Å². The summed E-state index contributed by atoms with van der Waals surface area (Å²) in [6.45, 7) is 4.57. The summed E-state index contributed by atoms with van der Waals surface area (Å²) in [6.07, 6.45) is 0. The number of hydrogen-bond donors (Lipinski definition) is 0. The first-order chi connectivity index (χ1) is 19.1. The average Bonchev–Trinajstić information content (AvgIpc) is 3.02. The molecule has 0 bridgehead atoms. The Kier molecular flexibility index (Phi) is 6.61. The number of nitrogens with zero attached hydrogens (tertiary/aromatic N) is 2. The van der Waals surface area contributed by atoms with E-state index in [0.717, 1.165) is 33.9 Å². The molecule has 5 aromatic carbocycles. The van der Waals surface area contributed by atoms with E-state index in [1.54, 1.807) is 0 Å². The van der Waals surface area contributed by atoms with Gasteiger partial charge in [0.15, 0.2) is 5.82 Å². The molecule has 0 fully saturated rings. The van der Waals surface area contributed by atoms with Gasteiger partial charge in [-0.15, -0.1) is 0 Å². The van der Waals surface area contributed by atoms with Crippen molar-refractivity contribution in [2.45, 2.75) is 19.3 Å². The Hall–Kier alpha value is -4.82. The fourth-order valence-electron chi connectivity index (χ4n) is 5.00. The molecule has 0 radical (unpaired) electrons. The van der Waals surface area contributed by atoms with Crippen molar-refractivity contribution in [3.05, 3.63) is 157 Å². The number of aromatic nitrogens is 2. The first kappa shape index (κ1) is 24.5. The van der Waals surface area contributed by atoms with Gasteiger partial charge in [-0.1, -0.05) is 153 Å². The molecule has 0 amide bonds. The second-order valence-corrected chi connectivity index (χ2v) is 10.3. The first-order valence-corrected chi connectivity index (χ1v) is 13.3. The topological polar surface area (TPSA) is 25.8 Å². The van der Waals surface area contributed by atoms with Crippen LogP contribution in [0.2, 0.25) is 0 Å². The number of benzene rings is 5. The lowest BCUT2D eigenvalue weighted by Crippen LogP contribution is -2.18. The van der Waals surface area contributed by atoms with Crippen LogP contribution in [0.3, 0.4) is 0 Å². The molecule has 0 unspecified atom stereocenters. The molecule has 2 heteroatoms. The molecule has 0 atom stereocenters. The Morgan fingerprint density at radius 1 is 0.385 bits per heavy atom. The highest BCUT2D eigenvalue weighted by Gasteiger charge is 2.23. The lowest BCUT2D eigenvalue weighted by Gasteiger charge is -2.26. The van der Waals surface area contributed by atoms with Gasteiger partial charge in [0.1, 0.15) is 0 Å². The molecule has 188 valence electrons. The van der Waals surface area contributed by atoms with E-state index in [1.807, 2.05) is 36.4 Å². The zero-order chi connectivity index (χ0) is 26.7. The lowest BCUT2D eigenvalue weighted by molar-refractivity contribution is 0.641. The highest BCUT2D eigenvalue weighted by atomic mass is 14.9. The van der Waals surface area contributed by atoms with Gasteiger partial charge in [-0.3, -0.25) is 0 Å². The summed E-state index contributed by atoms with van der Waals surface area (Å²) in [4.78, 5) is 9.89. The molecule has 0 aliphatic carbocycles. The fourth-order valence-corrected chi connectivity index (χ4v) is 5.00. The molecule has 1 heterocycles. The summed E-state index contributed by atoms with van der Waals surface area (Å²) in [5, 5.41) is 0. The normalized spacial score (nSPS) is 11.3. The molecule has 0 N–H and O–H groups in total. The molecule has 6 rings (SSSR count). The van der Waals surface area contributed by atoms with E-state index < -0.39 is 0 Å². The summed E-state index contributed by atoms with van der Waals surface area (Å²) in [5.41, 5.74) is 9.88. The van der Waals surface area contributed by atoms with Gasteiger partial charge in [0.2, 0.25) is 0 Å². The maximum Gasteiger partial charge on any atom is 0.160 e. The van der Waals surface area contributed by atoms with E-state index in [0.29, 0.717) is 0 Å². The van der Waals surface area contributed by atoms with Gasteiger partial charge in [0, 0.05) is 22.1 Å². The van der Waals surface area contributed by atoms with Crippen LogP contribution in [0.15, 0.2) is 146 Å². The smallest absolute Gasteiger partial charge is 0.160 e. The fraction of sp³-hybridized carbons (Fsp3) is 0.0811. The maximum absolute atomic E-state index is 4.98. The van der Waals surface area contributed by atoms with Gasteiger partial charge in [-0.25, -0.2) is 9.97 Å². The van der Waals surface area contributed by atoms with Crippen LogP contribution < -0.4 is 0 Å². The van der Waals surface area contributed by atoms with Crippen molar-refractivity contribution < 1.29 is 0 Å². The Labute approximate surface area is 230 Å². The van der Waals surface area contributed by atoms with Crippen LogP contribution in [0.4, 0.5) is 0 Å². The van der Waals surface area contributed by atoms with Gasteiger partial charge < -0.3 is 0 Å². The third-order valence-electron chi connectivity index (χ3n) is 7.44. The second kappa shape index (κ2) is 10.5. The predicted molar refractivity (Wildman–Crippen MR) is 162 cm³/mol. The molecule has 6 aromatic rings. The number of hydrogen-bond acceptors (Lipinski definition) is 2. The molecule has 0 spiro atoms. The SMILES string of the molecule is CC(C)(c1ccc(-c2ccccc2)cc1)c1ccc(-c2cc(-c3ccccc3)nc(-c3ccccc3)n2)cc1. The van der Waals surface area contributed by atoms with Gasteiger partial charge in [-0.05, 0) is 28.3 Å². The zero-order valence-electron chi connectivity index (χ0n) is 22.3. The third-order valence-corrected chi connectivity index (χ3v) is 7.44. The van der Waals surface area contributed by atoms with E-state index in [2.05, 4.69) is 123 Å². The minimum atomic E-state index is -0.135. The molecule has 39 heavy (non-hydrogen) atoms. The zero-order valence-corrected chi connectivity index (χ0v) is 22.3. The molecule has 0 aliphatic rings. The first-order valence-electron chi connectivity index (χ1n) is 13.3. The maximum atomic E-state index is 4.98. The van der Waals surface area contributed by atoms with Crippen molar-refractivity contribution in [1.29, 1.82) is 0 Å². The quantitative estimate of drug-likeness (QED) is 0.227. The molecule has 0 saturated carbocycles. The monoisotopic (exact) mass is 502 g/mol. The van der Waals surface area contributed by atoms with E-state index in [4.69, 9.17) is 9.97 Å². The highest BCUT2D eigenvalue weighted by molar-refractivity contribution is 5.72. The Bertz CT molecular complexity index is 1610. The Morgan fingerprint density at radius 2 is 0.744 bits per heavy atom. The third kappa shape index (κ3) is 5.15. The largest absolute Gasteiger partial charge is 0.228 e. The van der Waals surface area contributed by atoms with Crippen LogP contribution in [-0.2, 0) is 5.41 Å².